The van der Waals surface area contributed by atoms with Crippen LogP contribution in [0.5, 0.6) is 11.5 Å². The Balaban J connectivity index is 0.938. The highest BCUT2D eigenvalue weighted by atomic mass is 16.6. The van der Waals surface area contributed by atoms with E-state index in [0.29, 0.717) is 37.8 Å². The lowest BCUT2D eigenvalue weighted by Crippen LogP contribution is -2.55. The Morgan fingerprint density at radius 2 is 0.580 bits per heavy atom. The van der Waals surface area contributed by atoms with Gasteiger partial charge in [0, 0.05) is 38.8 Å². The van der Waals surface area contributed by atoms with Gasteiger partial charge in [-0.3, -0.25) is 19.2 Å². The number of rotatable bonds is 35. The fraction of sp³-hybridized carbons (Fsp3) is 0.417. The smallest absolute Gasteiger partial charge is 0.408 e. The van der Waals surface area contributed by atoms with Crippen molar-refractivity contribution in [1.82, 2.24) is 31.9 Å². The summed E-state index contributed by atoms with van der Waals surface area (Å²) in [4.78, 5) is 82.0. The summed E-state index contributed by atoms with van der Waals surface area (Å²) in [5.74, 6) is -0.277. The quantitative estimate of drug-likeness (QED) is 0.0207. The molecule has 6 rings (SSSR count). The highest BCUT2D eigenvalue weighted by Crippen LogP contribution is 2.20. The van der Waals surface area contributed by atoms with Crippen molar-refractivity contribution in [2.75, 3.05) is 13.1 Å². The number of carbonyl (C=O) groups is 6. The van der Waals surface area contributed by atoms with Crippen LogP contribution in [0.25, 0.3) is 0 Å². The van der Waals surface area contributed by atoms with Gasteiger partial charge in [-0.2, -0.15) is 0 Å². The van der Waals surface area contributed by atoms with Crippen LogP contribution >= 0.6 is 0 Å². The summed E-state index contributed by atoms with van der Waals surface area (Å²) in [7, 11) is 0. The molecule has 0 heterocycles. The lowest BCUT2D eigenvalue weighted by Gasteiger charge is -2.25. The van der Waals surface area contributed by atoms with E-state index in [1.165, 1.54) is 0 Å². The maximum absolute atomic E-state index is 14.1. The van der Waals surface area contributed by atoms with Gasteiger partial charge in [0.1, 0.15) is 60.1 Å². The van der Waals surface area contributed by atoms with Crippen molar-refractivity contribution in [3.63, 3.8) is 0 Å². The maximum atomic E-state index is 14.1. The van der Waals surface area contributed by atoms with E-state index in [4.69, 9.17) is 18.9 Å². The lowest BCUT2D eigenvalue weighted by molar-refractivity contribution is -0.130. The monoisotopic (exact) mass is 1200 g/mol. The van der Waals surface area contributed by atoms with E-state index in [1.54, 1.807) is 41.5 Å². The van der Waals surface area contributed by atoms with Crippen LogP contribution in [0.1, 0.15) is 139 Å². The van der Waals surface area contributed by atoms with Crippen LogP contribution in [0.15, 0.2) is 170 Å². The molecule has 6 amide bonds. The van der Waals surface area contributed by atoms with Gasteiger partial charge in [-0.1, -0.05) is 197 Å². The van der Waals surface area contributed by atoms with Gasteiger partial charge in [-0.25, -0.2) is 9.59 Å². The van der Waals surface area contributed by atoms with Crippen LogP contribution in [-0.4, -0.2) is 84.3 Å². The van der Waals surface area contributed by atoms with Gasteiger partial charge in [0.15, 0.2) is 0 Å². The number of amides is 6. The molecule has 16 heteroatoms. The molecule has 6 aromatic rings. The van der Waals surface area contributed by atoms with Gasteiger partial charge in [-0.05, 0) is 112 Å². The van der Waals surface area contributed by atoms with E-state index >= 15 is 0 Å². The molecular weight excluding hydrogens is 1110 g/mol. The molecule has 0 saturated carbocycles. The van der Waals surface area contributed by atoms with Crippen molar-refractivity contribution >= 4 is 35.8 Å². The summed E-state index contributed by atoms with van der Waals surface area (Å²) in [5, 5.41) is 17.5. The zero-order valence-corrected chi connectivity index (χ0v) is 52.3. The second kappa shape index (κ2) is 36.5. The summed E-state index contributed by atoms with van der Waals surface area (Å²) in [5.41, 5.74) is 3.85. The number of unbranched alkanes of at least 4 members (excludes halogenated alkanes) is 9. The molecular formula is C72H92N6O10. The lowest BCUT2D eigenvalue weighted by atomic mass is 10.0. The van der Waals surface area contributed by atoms with Crippen LogP contribution in [0.4, 0.5) is 9.59 Å². The normalized spacial score (nSPS) is 12.7. The second-order valence-electron chi connectivity index (χ2n) is 24.3. The zero-order chi connectivity index (χ0) is 63.0. The number of hydrogen-bond acceptors (Lipinski definition) is 10. The molecule has 6 N–H and O–H groups in total. The standard InChI is InChI=1S/C72H92N6O10/c1-71(2,3)87-69(83)77-63(47-53-29-19-15-20-30-53)67(81)75-61(49-55-37-41-59(42-38-55)85-51-57-33-23-17-24-34-57)65(79)73-45-27-13-11-9-7-8-10-12-14-28-46-74-66(80)62(50-56-39-43-60(44-40-56)86-52-58-35-25-18-26-36-58)76-68(82)64(48-54-31-21-16-22-32-54)78-70(84)88-72(4,5)6/h15-26,29-44,61-64H,7-14,27-28,45-52H2,1-6H3,(H,73,79)(H,74,80)(H,75,81)(H,76,82)(H,77,83)(H,78,84)/t61-,62-,63-,64-/m0/s1. The molecule has 88 heavy (non-hydrogen) atoms. The number of benzene rings is 6. The summed E-state index contributed by atoms with van der Waals surface area (Å²) >= 11 is 0. The number of nitrogens with one attached hydrogen (secondary N) is 6. The zero-order valence-electron chi connectivity index (χ0n) is 52.3. The van der Waals surface area contributed by atoms with Gasteiger partial charge in [0.25, 0.3) is 0 Å². The SMILES string of the molecule is CC(C)(C)OC(=O)N[C@@H](Cc1ccccc1)C(=O)N[C@@H](Cc1ccc(OCc2ccccc2)cc1)C(=O)NCCCCCCCCCCCCNC(=O)[C@H](Cc1ccc(OCc2ccccc2)cc1)NC(=O)[C@H](Cc1ccccc1)NC(=O)OC(C)(C)C. The third-order valence-electron chi connectivity index (χ3n) is 14.3. The van der Waals surface area contributed by atoms with Crippen LogP contribution in [-0.2, 0) is 67.5 Å². The van der Waals surface area contributed by atoms with E-state index in [0.717, 1.165) is 97.6 Å². The highest BCUT2D eigenvalue weighted by Gasteiger charge is 2.31. The highest BCUT2D eigenvalue weighted by molar-refractivity contribution is 5.92. The van der Waals surface area contributed by atoms with Crippen molar-refractivity contribution in [3.05, 3.63) is 203 Å². The molecule has 4 atom stereocenters. The van der Waals surface area contributed by atoms with Gasteiger partial charge in [-0.15, -0.1) is 0 Å². The second-order valence-corrected chi connectivity index (χ2v) is 24.3. The van der Waals surface area contributed by atoms with Crippen LogP contribution in [0, 0.1) is 0 Å². The Morgan fingerprint density at radius 1 is 0.318 bits per heavy atom. The molecule has 0 aliphatic rings. The third kappa shape index (κ3) is 27.4. The van der Waals surface area contributed by atoms with Crippen LogP contribution in [0.3, 0.4) is 0 Å². The molecule has 0 radical (unpaired) electrons. The summed E-state index contributed by atoms with van der Waals surface area (Å²) < 4.78 is 23.0. The predicted octanol–water partition coefficient (Wildman–Crippen LogP) is 12.0. The summed E-state index contributed by atoms with van der Waals surface area (Å²) in [6.45, 7) is 12.2. The first-order valence-electron chi connectivity index (χ1n) is 31.1. The first-order chi connectivity index (χ1) is 42.3. The molecule has 0 aliphatic carbocycles. The first-order valence-corrected chi connectivity index (χ1v) is 31.1. The van der Waals surface area contributed by atoms with Crippen LogP contribution < -0.4 is 41.4 Å². The fourth-order valence-corrected chi connectivity index (χ4v) is 9.71. The molecule has 0 spiro atoms. The molecule has 0 saturated heterocycles. The molecule has 0 aliphatic heterocycles. The van der Waals surface area contributed by atoms with E-state index in [2.05, 4.69) is 31.9 Å². The molecule has 0 bridgehead atoms. The summed E-state index contributed by atoms with van der Waals surface area (Å²) in [6.07, 6.45) is 9.14. The molecule has 16 nitrogen and oxygen atoms in total. The average molecular weight is 1200 g/mol. The number of hydrogen-bond donors (Lipinski definition) is 6. The number of ether oxygens (including phenoxy) is 4. The minimum absolute atomic E-state index is 0.194. The molecule has 0 fully saturated rings. The Hall–Kier alpha value is -8.66. The van der Waals surface area contributed by atoms with E-state index in [9.17, 15) is 28.8 Å². The van der Waals surface area contributed by atoms with Crippen molar-refractivity contribution in [1.29, 1.82) is 0 Å². The molecule has 470 valence electrons. The molecule has 6 aromatic carbocycles. The Labute approximate surface area is 521 Å². The Bertz CT molecular complexity index is 2820. The van der Waals surface area contributed by atoms with E-state index < -0.39 is 59.4 Å². The minimum atomic E-state index is -1.01. The van der Waals surface area contributed by atoms with Crippen molar-refractivity contribution in [2.45, 2.75) is 180 Å². The van der Waals surface area contributed by atoms with Crippen molar-refractivity contribution in [2.24, 2.45) is 0 Å². The minimum Gasteiger partial charge on any atom is -0.489 e. The first kappa shape index (κ1) is 68.5. The fourth-order valence-electron chi connectivity index (χ4n) is 9.71. The molecule has 0 aromatic heterocycles. The molecule has 0 unspecified atom stereocenters. The topological polar surface area (TPSA) is 212 Å². The van der Waals surface area contributed by atoms with Gasteiger partial charge in [0.2, 0.25) is 23.6 Å². The van der Waals surface area contributed by atoms with Crippen molar-refractivity contribution in [3.8, 4) is 11.5 Å². The summed E-state index contributed by atoms with van der Waals surface area (Å²) in [6, 6.07) is 49.6. The number of alkyl carbamates (subject to hydrolysis) is 2. The van der Waals surface area contributed by atoms with E-state index in [-0.39, 0.29) is 37.5 Å². The van der Waals surface area contributed by atoms with E-state index in [1.807, 2.05) is 170 Å². The largest absolute Gasteiger partial charge is 0.489 e. The Morgan fingerprint density at radius 3 is 0.875 bits per heavy atom. The number of carbonyl (C=O) groups excluding carboxylic acids is 6. The third-order valence-corrected chi connectivity index (χ3v) is 14.3. The maximum Gasteiger partial charge on any atom is 0.408 e. The van der Waals surface area contributed by atoms with Gasteiger partial charge < -0.3 is 50.8 Å². The predicted molar refractivity (Wildman–Crippen MR) is 344 cm³/mol. The van der Waals surface area contributed by atoms with Gasteiger partial charge in [0.05, 0.1) is 0 Å². The van der Waals surface area contributed by atoms with Crippen molar-refractivity contribution < 1.29 is 47.7 Å². The average Bonchev–Trinajstić information content (AvgIpc) is 3.67. The van der Waals surface area contributed by atoms with Gasteiger partial charge >= 0.3 is 12.2 Å². The Kier molecular flexibility index (Phi) is 28.4. The van der Waals surface area contributed by atoms with Crippen LogP contribution in [0.2, 0.25) is 0 Å².